The second-order valence-corrected chi connectivity index (χ2v) is 5.75. The molecule has 0 aliphatic rings. The summed E-state index contributed by atoms with van der Waals surface area (Å²) >= 11 is 0. The van der Waals surface area contributed by atoms with Crippen molar-refractivity contribution in [3.05, 3.63) is 35.4 Å². The summed E-state index contributed by atoms with van der Waals surface area (Å²) in [7, 11) is 1.34. The predicted molar refractivity (Wildman–Crippen MR) is 77.1 cm³/mol. The Morgan fingerprint density at radius 3 is 2.25 bits per heavy atom. The maximum Gasteiger partial charge on any atom is 0.337 e. The van der Waals surface area contributed by atoms with Crippen molar-refractivity contribution in [1.82, 2.24) is 5.32 Å². The van der Waals surface area contributed by atoms with Gasteiger partial charge in [-0.15, -0.1) is 0 Å². The number of benzene rings is 1. The third-order valence-corrected chi connectivity index (χ3v) is 3.06. The Hall–Kier alpha value is -1.88. The van der Waals surface area contributed by atoms with Gasteiger partial charge in [0.05, 0.1) is 18.7 Å². The van der Waals surface area contributed by atoms with Crippen LogP contribution in [-0.2, 0) is 16.1 Å². The number of carbonyl (C=O) groups is 2. The van der Waals surface area contributed by atoms with Crippen molar-refractivity contribution in [1.29, 1.82) is 0 Å². The van der Waals surface area contributed by atoms with Crippen LogP contribution in [0.4, 0.5) is 0 Å². The third kappa shape index (κ3) is 4.35. The van der Waals surface area contributed by atoms with E-state index in [2.05, 4.69) is 10.1 Å². The summed E-state index contributed by atoms with van der Waals surface area (Å²) in [6, 6.07) is 6.31. The SMILES string of the molecule is COC(=O)c1ccc(CNC(=O)[C@H](N)C(C)(C)C)cc1. The second-order valence-electron chi connectivity index (χ2n) is 5.75. The Bertz CT molecular complexity index is 475. The molecule has 1 aromatic carbocycles. The molecular formula is C15H22N2O3. The molecule has 1 atom stereocenters. The lowest BCUT2D eigenvalue weighted by Crippen LogP contribution is -2.48. The normalized spacial score (nSPS) is 12.7. The van der Waals surface area contributed by atoms with Gasteiger partial charge in [0.15, 0.2) is 0 Å². The average molecular weight is 278 g/mol. The van der Waals surface area contributed by atoms with E-state index in [1.807, 2.05) is 20.8 Å². The highest BCUT2D eigenvalue weighted by Gasteiger charge is 2.27. The minimum atomic E-state index is -0.558. The molecule has 0 radical (unpaired) electrons. The molecule has 0 bridgehead atoms. The second kappa shape index (κ2) is 6.52. The first-order valence-corrected chi connectivity index (χ1v) is 6.46. The highest BCUT2D eigenvalue weighted by molar-refractivity contribution is 5.89. The minimum absolute atomic E-state index is 0.186. The first-order chi connectivity index (χ1) is 9.25. The first-order valence-electron chi connectivity index (χ1n) is 6.46. The number of nitrogens with one attached hydrogen (secondary N) is 1. The summed E-state index contributed by atoms with van der Waals surface area (Å²) in [5, 5.41) is 2.79. The molecule has 0 aliphatic carbocycles. The number of hydrogen-bond acceptors (Lipinski definition) is 4. The van der Waals surface area contributed by atoms with Gasteiger partial charge < -0.3 is 15.8 Å². The summed E-state index contributed by atoms with van der Waals surface area (Å²) in [6.45, 7) is 6.14. The zero-order valence-corrected chi connectivity index (χ0v) is 12.4. The number of hydrogen-bond donors (Lipinski definition) is 2. The van der Waals surface area contributed by atoms with E-state index >= 15 is 0 Å². The van der Waals surface area contributed by atoms with Gasteiger partial charge in [0, 0.05) is 6.54 Å². The monoisotopic (exact) mass is 278 g/mol. The molecule has 0 aromatic heterocycles. The van der Waals surface area contributed by atoms with E-state index in [1.54, 1.807) is 24.3 Å². The molecule has 0 unspecified atom stereocenters. The number of nitrogens with two attached hydrogens (primary N) is 1. The highest BCUT2D eigenvalue weighted by atomic mass is 16.5. The molecule has 5 nitrogen and oxygen atoms in total. The van der Waals surface area contributed by atoms with Crippen molar-refractivity contribution in [2.24, 2.45) is 11.1 Å². The predicted octanol–water partition coefficient (Wildman–Crippen LogP) is 1.46. The fraction of sp³-hybridized carbons (Fsp3) is 0.467. The summed E-state index contributed by atoms with van der Waals surface area (Å²) in [6.07, 6.45) is 0. The summed E-state index contributed by atoms with van der Waals surface area (Å²) in [5.74, 6) is -0.565. The molecule has 1 amide bonds. The lowest BCUT2D eigenvalue weighted by molar-refractivity contribution is -0.124. The van der Waals surface area contributed by atoms with Gasteiger partial charge in [-0.2, -0.15) is 0 Å². The topological polar surface area (TPSA) is 81.4 Å². The maximum atomic E-state index is 11.9. The van der Waals surface area contributed by atoms with E-state index in [1.165, 1.54) is 7.11 Å². The van der Waals surface area contributed by atoms with E-state index in [9.17, 15) is 9.59 Å². The molecule has 0 aliphatic heterocycles. The molecule has 0 spiro atoms. The van der Waals surface area contributed by atoms with Crippen LogP contribution in [0, 0.1) is 5.41 Å². The average Bonchev–Trinajstić information content (AvgIpc) is 2.42. The highest BCUT2D eigenvalue weighted by Crippen LogP contribution is 2.17. The lowest BCUT2D eigenvalue weighted by atomic mass is 9.87. The molecule has 0 saturated carbocycles. The van der Waals surface area contributed by atoms with Crippen LogP contribution in [-0.4, -0.2) is 25.0 Å². The van der Waals surface area contributed by atoms with Crippen LogP contribution >= 0.6 is 0 Å². The van der Waals surface area contributed by atoms with Gasteiger partial charge in [-0.25, -0.2) is 4.79 Å². The summed E-state index contributed by atoms with van der Waals surface area (Å²) in [4.78, 5) is 23.2. The van der Waals surface area contributed by atoms with Crippen LogP contribution in [0.3, 0.4) is 0 Å². The van der Waals surface area contributed by atoms with Gasteiger partial charge >= 0.3 is 5.97 Å². The molecule has 0 heterocycles. The van der Waals surface area contributed by atoms with E-state index in [0.29, 0.717) is 12.1 Å². The van der Waals surface area contributed by atoms with Crippen molar-refractivity contribution in [2.75, 3.05) is 7.11 Å². The van der Waals surface area contributed by atoms with E-state index < -0.39 is 6.04 Å². The largest absolute Gasteiger partial charge is 0.465 e. The Morgan fingerprint density at radius 2 is 1.80 bits per heavy atom. The number of carbonyl (C=O) groups excluding carboxylic acids is 2. The van der Waals surface area contributed by atoms with Crippen LogP contribution < -0.4 is 11.1 Å². The van der Waals surface area contributed by atoms with Gasteiger partial charge in [0.25, 0.3) is 0 Å². The molecule has 3 N–H and O–H groups in total. The zero-order valence-electron chi connectivity index (χ0n) is 12.4. The lowest BCUT2D eigenvalue weighted by Gasteiger charge is -2.25. The van der Waals surface area contributed by atoms with Crippen LogP contribution in [0.2, 0.25) is 0 Å². The van der Waals surface area contributed by atoms with Gasteiger partial charge in [0.2, 0.25) is 5.91 Å². The van der Waals surface area contributed by atoms with Crippen molar-refractivity contribution in [3.63, 3.8) is 0 Å². The van der Waals surface area contributed by atoms with E-state index in [4.69, 9.17) is 5.73 Å². The van der Waals surface area contributed by atoms with Crippen LogP contribution in [0.1, 0.15) is 36.7 Å². The standard InChI is InChI=1S/C15H22N2O3/c1-15(2,3)12(16)13(18)17-9-10-5-7-11(8-6-10)14(19)20-4/h5-8,12H,9,16H2,1-4H3,(H,17,18)/t12-/m0/s1. The third-order valence-electron chi connectivity index (χ3n) is 3.06. The molecule has 0 saturated heterocycles. The van der Waals surface area contributed by atoms with Crippen molar-refractivity contribution in [3.8, 4) is 0 Å². The Balaban J connectivity index is 2.58. The Kier molecular flexibility index (Phi) is 5.27. The summed E-state index contributed by atoms with van der Waals surface area (Å²) in [5.41, 5.74) is 6.96. The molecule has 20 heavy (non-hydrogen) atoms. The first kappa shape index (κ1) is 16.2. The number of amides is 1. The molecule has 5 heteroatoms. The molecule has 110 valence electrons. The quantitative estimate of drug-likeness (QED) is 0.817. The number of methoxy groups -OCH3 is 1. The molecular weight excluding hydrogens is 256 g/mol. The zero-order chi connectivity index (χ0) is 15.3. The van der Waals surface area contributed by atoms with Gasteiger partial charge in [0.1, 0.15) is 0 Å². The number of ether oxygens (including phenoxy) is 1. The van der Waals surface area contributed by atoms with Crippen LogP contribution in [0.25, 0.3) is 0 Å². The van der Waals surface area contributed by atoms with Crippen molar-refractivity contribution >= 4 is 11.9 Å². The fourth-order valence-electron chi connectivity index (χ4n) is 1.57. The van der Waals surface area contributed by atoms with Gasteiger partial charge in [-0.3, -0.25) is 4.79 Å². The summed E-state index contributed by atoms with van der Waals surface area (Å²) < 4.78 is 4.62. The van der Waals surface area contributed by atoms with Crippen molar-refractivity contribution in [2.45, 2.75) is 33.4 Å². The van der Waals surface area contributed by atoms with E-state index in [-0.39, 0.29) is 17.3 Å². The Labute approximate surface area is 119 Å². The van der Waals surface area contributed by atoms with Crippen LogP contribution in [0.5, 0.6) is 0 Å². The minimum Gasteiger partial charge on any atom is -0.465 e. The number of esters is 1. The molecule has 1 aromatic rings. The fourth-order valence-corrected chi connectivity index (χ4v) is 1.57. The number of rotatable bonds is 4. The maximum absolute atomic E-state index is 11.9. The smallest absolute Gasteiger partial charge is 0.337 e. The van der Waals surface area contributed by atoms with Gasteiger partial charge in [-0.1, -0.05) is 32.9 Å². The van der Waals surface area contributed by atoms with Crippen molar-refractivity contribution < 1.29 is 14.3 Å². The van der Waals surface area contributed by atoms with Crippen LogP contribution in [0.15, 0.2) is 24.3 Å². The van der Waals surface area contributed by atoms with Gasteiger partial charge in [-0.05, 0) is 23.1 Å². The Morgan fingerprint density at radius 1 is 1.25 bits per heavy atom. The molecule has 0 fully saturated rings. The van der Waals surface area contributed by atoms with E-state index in [0.717, 1.165) is 5.56 Å². The molecule has 1 rings (SSSR count).